The monoisotopic (exact) mass is 156 g/mol. The summed E-state index contributed by atoms with van der Waals surface area (Å²) < 4.78 is 20.7. The summed E-state index contributed by atoms with van der Waals surface area (Å²) in [5, 5.41) is 0.942. The second-order valence-corrected chi connectivity index (χ2v) is 6.53. The predicted octanol–water partition coefficient (Wildman–Crippen LogP) is 0.0606. The normalized spacial score (nSPS) is 41.7. The maximum absolute atomic E-state index is 10.4. The molecule has 2 unspecified atom stereocenters. The predicted molar refractivity (Wildman–Crippen MR) is 33.6 cm³/mol. The molecular weight excluding hydrogens is 152 g/mol. The highest BCUT2D eigenvalue weighted by atomic mass is 33.1. The van der Waals surface area contributed by atoms with Crippen LogP contribution < -0.4 is 0 Å². The summed E-state index contributed by atoms with van der Waals surface area (Å²) in [7, 11) is -0.349. The Morgan fingerprint density at radius 3 is 2.29 bits per heavy atom. The van der Waals surface area contributed by atoms with Crippen LogP contribution in [0.4, 0.5) is 0 Å². The number of rotatable bonds is 0. The summed E-state index contributed by atoms with van der Waals surface area (Å²) in [5.74, 6) is 0. The van der Waals surface area contributed by atoms with Crippen molar-refractivity contribution in [3.05, 3.63) is 0 Å². The van der Waals surface area contributed by atoms with Crippen molar-refractivity contribution in [1.29, 1.82) is 0 Å². The van der Waals surface area contributed by atoms with Crippen LogP contribution in [0.2, 0.25) is 0 Å². The van der Waals surface area contributed by atoms with Gasteiger partial charge in [-0.3, -0.25) is 4.21 Å². The zero-order chi connectivity index (χ0) is 5.28. The van der Waals surface area contributed by atoms with Gasteiger partial charge < -0.3 is 0 Å². The molecule has 0 N–H and O–H groups in total. The molecule has 42 valence electrons. The van der Waals surface area contributed by atoms with Crippen LogP contribution in [0.15, 0.2) is 0 Å². The van der Waals surface area contributed by atoms with Crippen LogP contribution in [0, 0.1) is 0 Å². The maximum Gasteiger partial charge on any atom is 0.110 e. The molecule has 2 atom stereocenters. The Bertz CT molecular complexity index is 106. The van der Waals surface area contributed by atoms with E-state index in [0.29, 0.717) is 10.2 Å². The van der Waals surface area contributed by atoms with E-state index < -0.39 is 20.6 Å². The highest BCUT2D eigenvalue weighted by Crippen LogP contribution is 2.18. The summed E-state index contributed by atoms with van der Waals surface area (Å²) in [6, 6.07) is 0. The van der Waals surface area contributed by atoms with Gasteiger partial charge in [-0.05, 0) is 10.8 Å². The van der Waals surface area contributed by atoms with Crippen LogP contribution in [0.5, 0.6) is 0 Å². The molecular formula is C2H4O2S3. The average Bonchev–Trinajstić information content (AvgIpc) is 1.87. The summed E-state index contributed by atoms with van der Waals surface area (Å²) in [6.07, 6.45) is 0. The summed E-state index contributed by atoms with van der Waals surface area (Å²) in [5.41, 5.74) is 0. The van der Waals surface area contributed by atoms with Crippen molar-refractivity contribution in [3.8, 4) is 0 Å². The minimum Gasteiger partial charge on any atom is -0.258 e. The van der Waals surface area contributed by atoms with E-state index in [2.05, 4.69) is 0 Å². The Balaban J connectivity index is 2.55. The molecule has 1 saturated heterocycles. The number of hydrogen-bond acceptors (Lipinski definition) is 3. The average molecular weight is 156 g/mol. The van der Waals surface area contributed by atoms with Gasteiger partial charge in [-0.15, -0.1) is 0 Å². The minimum atomic E-state index is -0.836. The van der Waals surface area contributed by atoms with E-state index in [1.165, 1.54) is 10.8 Å². The molecule has 0 spiro atoms. The molecule has 1 rings (SSSR count). The van der Waals surface area contributed by atoms with Gasteiger partial charge in [0.2, 0.25) is 0 Å². The first-order valence-corrected chi connectivity index (χ1v) is 5.96. The lowest BCUT2D eigenvalue weighted by Gasteiger charge is -1.72. The van der Waals surface area contributed by atoms with Crippen LogP contribution in [-0.4, -0.2) is 18.6 Å². The summed E-state index contributed by atoms with van der Waals surface area (Å²) in [6.45, 7) is 0. The second kappa shape index (κ2) is 2.28. The Morgan fingerprint density at radius 1 is 1.43 bits per heavy atom. The third-order valence-corrected chi connectivity index (χ3v) is 6.58. The first kappa shape index (κ1) is 5.78. The SMILES string of the molecule is O=S1CSS(=O)C1. The summed E-state index contributed by atoms with van der Waals surface area (Å²) in [4.78, 5) is 0. The Kier molecular flexibility index (Phi) is 1.88. The quantitative estimate of drug-likeness (QED) is 0.465. The minimum absolute atomic E-state index is 0.380. The standard InChI is InChI=1S/C2H4O2S3/c3-6-1-5-7(4)2-6/h1-2H2. The van der Waals surface area contributed by atoms with Gasteiger partial charge in [0.1, 0.15) is 5.08 Å². The second-order valence-electron chi connectivity index (χ2n) is 1.10. The molecule has 1 fully saturated rings. The van der Waals surface area contributed by atoms with Crippen molar-refractivity contribution in [2.45, 2.75) is 0 Å². The van der Waals surface area contributed by atoms with Gasteiger partial charge in [0, 0.05) is 10.8 Å². The van der Waals surface area contributed by atoms with Crippen LogP contribution in [-0.2, 0) is 20.6 Å². The molecule has 2 nitrogen and oxygen atoms in total. The van der Waals surface area contributed by atoms with E-state index in [1.807, 2.05) is 0 Å². The Labute approximate surface area is 50.4 Å². The highest BCUT2D eigenvalue weighted by molar-refractivity contribution is 8.74. The van der Waals surface area contributed by atoms with Crippen LogP contribution in [0.3, 0.4) is 0 Å². The van der Waals surface area contributed by atoms with E-state index >= 15 is 0 Å². The molecule has 0 aromatic heterocycles. The van der Waals surface area contributed by atoms with Gasteiger partial charge in [0.05, 0.1) is 14.9 Å². The molecule has 1 heterocycles. The fourth-order valence-corrected chi connectivity index (χ4v) is 6.67. The van der Waals surface area contributed by atoms with Crippen molar-refractivity contribution >= 4 is 31.4 Å². The lowest BCUT2D eigenvalue weighted by Crippen LogP contribution is -1.88. The molecule has 1 aliphatic rings. The molecule has 0 bridgehead atoms. The van der Waals surface area contributed by atoms with E-state index in [9.17, 15) is 8.42 Å². The van der Waals surface area contributed by atoms with Crippen molar-refractivity contribution < 1.29 is 8.42 Å². The topological polar surface area (TPSA) is 34.1 Å². The van der Waals surface area contributed by atoms with Crippen molar-refractivity contribution in [2.24, 2.45) is 0 Å². The smallest absolute Gasteiger partial charge is 0.110 e. The highest BCUT2D eigenvalue weighted by Gasteiger charge is 2.15. The third-order valence-electron chi connectivity index (χ3n) is 0.539. The van der Waals surface area contributed by atoms with E-state index in [0.717, 1.165) is 0 Å². The molecule has 0 amide bonds. The van der Waals surface area contributed by atoms with Crippen LogP contribution >= 0.6 is 10.8 Å². The fourth-order valence-electron chi connectivity index (χ4n) is 0.283. The molecule has 7 heavy (non-hydrogen) atoms. The number of hydrogen-bond donors (Lipinski definition) is 0. The van der Waals surface area contributed by atoms with Gasteiger partial charge >= 0.3 is 0 Å². The van der Waals surface area contributed by atoms with Crippen molar-refractivity contribution in [2.75, 3.05) is 10.2 Å². The third kappa shape index (κ3) is 1.54. The first-order valence-electron chi connectivity index (χ1n) is 1.65. The van der Waals surface area contributed by atoms with E-state index in [4.69, 9.17) is 0 Å². The zero-order valence-corrected chi connectivity index (χ0v) is 5.90. The van der Waals surface area contributed by atoms with Gasteiger partial charge in [-0.1, -0.05) is 0 Å². The van der Waals surface area contributed by atoms with Gasteiger partial charge in [0.25, 0.3) is 0 Å². The Hall–Kier alpha value is 0.650. The lowest BCUT2D eigenvalue weighted by atomic mass is 11.9. The molecule has 0 radical (unpaired) electrons. The van der Waals surface area contributed by atoms with E-state index in [-0.39, 0.29) is 0 Å². The molecule has 0 saturated carbocycles. The molecule has 0 aliphatic carbocycles. The maximum atomic E-state index is 10.4. The van der Waals surface area contributed by atoms with Crippen molar-refractivity contribution in [1.82, 2.24) is 0 Å². The zero-order valence-electron chi connectivity index (χ0n) is 3.46. The lowest BCUT2D eigenvalue weighted by molar-refractivity contribution is 0.686. The van der Waals surface area contributed by atoms with Crippen molar-refractivity contribution in [3.63, 3.8) is 0 Å². The van der Waals surface area contributed by atoms with Gasteiger partial charge in [-0.25, -0.2) is 4.21 Å². The van der Waals surface area contributed by atoms with E-state index in [1.54, 1.807) is 0 Å². The van der Waals surface area contributed by atoms with Gasteiger partial charge in [-0.2, -0.15) is 0 Å². The molecule has 5 heteroatoms. The largest absolute Gasteiger partial charge is 0.258 e. The fraction of sp³-hybridized carbons (Fsp3) is 1.00. The first-order chi connectivity index (χ1) is 3.29. The molecule has 0 aromatic rings. The summed E-state index contributed by atoms with van der Waals surface area (Å²) >= 11 is 0. The Morgan fingerprint density at radius 2 is 2.14 bits per heavy atom. The van der Waals surface area contributed by atoms with Crippen LogP contribution in [0.1, 0.15) is 0 Å². The molecule has 1 aliphatic heterocycles. The van der Waals surface area contributed by atoms with Gasteiger partial charge in [0.15, 0.2) is 0 Å². The molecule has 0 aromatic carbocycles. The van der Waals surface area contributed by atoms with Crippen LogP contribution in [0.25, 0.3) is 0 Å².